The van der Waals surface area contributed by atoms with E-state index in [1.165, 1.54) is 25.1 Å². The molecule has 2 nitrogen and oxygen atoms in total. The van der Waals surface area contributed by atoms with Gasteiger partial charge in [0.25, 0.3) is 0 Å². The van der Waals surface area contributed by atoms with Gasteiger partial charge in [0.15, 0.2) is 0 Å². The molecule has 0 amide bonds. The SMILES string of the molecule is C#CCC(CC)NC1=NCCCCC1. The highest BCUT2D eigenvalue weighted by atomic mass is 15.0. The van der Waals surface area contributed by atoms with Gasteiger partial charge in [0.1, 0.15) is 0 Å². The van der Waals surface area contributed by atoms with E-state index in [9.17, 15) is 0 Å². The van der Waals surface area contributed by atoms with Crippen molar-refractivity contribution in [3.63, 3.8) is 0 Å². The number of aliphatic imine (C=N–C) groups is 1. The Labute approximate surface area is 87.2 Å². The average molecular weight is 192 g/mol. The van der Waals surface area contributed by atoms with Gasteiger partial charge in [-0.3, -0.25) is 4.99 Å². The van der Waals surface area contributed by atoms with E-state index in [4.69, 9.17) is 6.42 Å². The van der Waals surface area contributed by atoms with Crippen molar-refractivity contribution in [3.8, 4) is 12.3 Å². The molecule has 1 N–H and O–H groups in total. The Bertz CT molecular complexity index is 225. The number of rotatable bonds is 3. The minimum Gasteiger partial charge on any atom is -0.370 e. The van der Waals surface area contributed by atoms with Crippen molar-refractivity contribution in [3.05, 3.63) is 0 Å². The Balaban J connectivity index is 2.40. The zero-order valence-electron chi connectivity index (χ0n) is 9.05. The Morgan fingerprint density at radius 1 is 1.50 bits per heavy atom. The van der Waals surface area contributed by atoms with E-state index in [-0.39, 0.29) is 0 Å². The summed E-state index contributed by atoms with van der Waals surface area (Å²) in [5.41, 5.74) is 0. The normalized spacial score (nSPS) is 19.0. The molecule has 78 valence electrons. The summed E-state index contributed by atoms with van der Waals surface area (Å²) in [7, 11) is 0. The molecule has 1 unspecified atom stereocenters. The molecule has 0 aliphatic carbocycles. The van der Waals surface area contributed by atoms with Crippen LogP contribution in [0.25, 0.3) is 0 Å². The van der Waals surface area contributed by atoms with Crippen molar-refractivity contribution >= 4 is 5.84 Å². The molecule has 0 saturated heterocycles. The van der Waals surface area contributed by atoms with Crippen LogP contribution in [0.2, 0.25) is 0 Å². The number of hydrogen-bond acceptors (Lipinski definition) is 2. The van der Waals surface area contributed by atoms with Crippen molar-refractivity contribution < 1.29 is 0 Å². The fourth-order valence-corrected chi connectivity index (χ4v) is 1.67. The Morgan fingerprint density at radius 3 is 3.07 bits per heavy atom. The zero-order chi connectivity index (χ0) is 10.2. The molecule has 1 aliphatic rings. The summed E-state index contributed by atoms with van der Waals surface area (Å²) in [5, 5.41) is 3.45. The smallest absolute Gasteiger partial charge is 0.0965 e. The molecule has 2 heteroatoms. The maximum absolute atomic E-state index is 5.31. The van der Waals surface area contributed by atoms with Gasteiger partial charge in [0.2, 0.25) is 0 Å². The van der Waals surface area contributed by atoms with Gasteiger partial charge in [0, 0.05) is 25.4 Å². The number of hydrogen-bond donors (Lipinski definition) is 1. The highest BCUT2D eigenvalue weighted by molar-refractivity contribution is 5.82. The molecule has 14 heavy (non-hydrogen) atoms. The lowest BCUT2D eigenvalue weighted by atomic mass is 10.1. The molecule has 0 aromatic heterocycles. The second-order valence-electron chi connectivity index (χ2n) is 3.80. The van der Waals surface area contributed by atoms with Gasteiger partial charge >= 0.3 is 0 Å². The highest BCUT2D eigenvalue weighted by Gasteiger charge is 2.08. The third kappa shape index (κ3) is 3.83. The van der Waals surface area contributed by atoms with Crippen LogP contribution in [0.1, 0.15) is 45.4 Å². The second-order valence-corrected chi connectivity index (χ2v) is 3.80. The fraction of sp³-hybridized carbons (Fsp3) is 0.750. The molecular formula is C12H20N2. The van der Waals surface area contributed by atoms with Crippen molar-refractivity contribution in [1.29, 1.82) is 0 Å². The molecular weight excluding hydrogens is 172 g/mol. The van der Waals surface area contributed by atoms with E-state index < -0.39 is 0 Å². The van der Waals surface area contributed by atoms with Gasteiger partial charge in [-0.15, -0.1) is 12.3 Å². The summed E-state index contributed by atoms with van der Waals surface area (Å²) in [4.78, 5) is 4.53. The number of nitrogens with zero attached hydrogens (tertiary/aromatic N) is 1. The first-order valence-corrected chi connectivity index (χ1v) is 5.60. The Hall–Kier alpha value is -0.970. The summed E-state index contributed by atoms with van der Waals surface area (Å²) < 4.78 is 0. The molecule has 1 rings (SSSR count). The van der Waals surface area contributed by atoms with Gasteiger partial charge in [-0.05, 0) is 19.3 Å². The summed E-state index contributed by atoms with van der Waals surface area (Å²) >= 11 is 0. The summed E-state index contributed by atoms with van der Waals surface area (Å²) in [6.07, 6.45) is 12.1. The molecule has 1 atom stereocenters. The molecule has 1 aliphatic heterocycles. The van der Waals surface area contributed by atoms with Crippen LogP contribution >= 0.6 is 0 Å². The standard InChI is InChI=1S/C12H20N2/c1-3-8-11(4-2)14-12-9-6-5-7-10-13-12/h1,11H,4-10H2,2H3,(H,13,14). The maximum Gasteiger partial charge on any atom is 0.0965 e. The van der Waals surface area contributed by atoms with E-state index in [1.807, 2.05) is 0 Å². The lowest BCUT2D eigenvalue weighted by Crippen LogP contribution is -2.34. The van der Waals surface area contributed by atoms with Crippen molar-refractivity contribution in [2.75, 3.05) is 6.54 Å². The van der Waals surface area contributed by atoms with Crippen molar-refractivity contribution in [2.24, 2.45) is 4.99 Å². The fourth-order valence-electron chi connectivity index (χ4n) is 1.67. The van der Waals surface area contributed by atoms with Crippen LogP contribution in [0.3, 0.4) is 0 Å². The van der Waals surface area contributed by atoms with Gasteiger partial charge in [0.05, 0.1) is 5.84 Å². The van der Waals surface area contributed by atoms with Crippen LogP contribution in [0.15, 0.2) is 4.99 Å². The predicted molar refractivity (Wildman–Crippen MR) is 61.4 cm³/mol. The first kappa shape index (κ1) is 11.1. The summed E-state index contributed by atoms with van der Waals surface area (Å²) in [6, 6.07) is 0.414. The first-order chi connectivity index (χ1) is 6.86. The van der Waals surface area contributed by atoms with E-state index in [1.54, 1.807) is 0 Å². The third-order valence-corrected chi connectivity index (χ3v) is 2.60. The van der Waals surface area contributed by atoms with Crippen LogP contribution in [-0.4, -0.2) is 18.4 Å². The first-order valence-electron chi connectivity index (χ1n) is 5.60. The summed E-state index contributed by atoms with van der Waals surface area (Å²) in [6.45, 7) is 3.14. The van der Waals surface area contributed by atoms with Gasteiger partial charge in [-0.25, -0.2) is 0 Å². The molecule has 0 aromatic rings. The van der Waals surface area contributed by atoms with E-state index in [0.717, 1.165) is 25.8 Å². The molecule has 1 heterocycles. The minimum absolute atomic E-state index is 0.414. The van der Waals surface area contributed by atoms with Crippen molar-refractivity contribution in [1.82, 2.24) is 5.32 Å². The predicted octanol–water partition coefficient (Wildman–Crippen LogP) is 2.35. The maximum atomic E-state index is 5.31. The molecule has 0 fully saturated rings. The number of amidine groups is 1. The van der Waals surface area contributed by atoms with Crippen molar-refractivity contribution in [2.45, 2.75) is 51.5 Å². The molecule has 0 bridgehead atoms. The monoisotopic (exact) mass is 192 g/mol. The van der Waals surface area contributed by atoms with E-state index in [0.29, 0.717) is 6.04 Å². The highest BCUT2D eigenvalue weighted by Crippen LogP contribution is 2.07. The molecule has 0 radical (unpaired) electrons. The molecule has 0 aromatic carbocycles. The van der Waals surface area contributed by atoms with E-state index >= 15 is 0 Å². The van der Waals surface area contributed by atoms with Crippen LogP contribution < -0.4 is 5.32 Å². The van der Waals surface area contributed by atoms with Gasteiger partial charge < -0.3 is 5.32 Å². The Kier molecular flexibility index (Phi) is 5.14. The van der Waals surface area contributed by atoms with Crippen LogP contribution in [0.4, 0.5) is 0 Å². The molecule has 0 spiro atoms. The van der Waals surface area contributed by atoms with E-state index in [2.05, 4.69) is 23.2 Å². The topological polar surface area (TPSA) is 24.4 Å². The number of terminal acetylenes is 1. The molecule has 0 saturated carbocycles. The minimum atomic E-state index is 0.414. The van der Waals surface area contributed by atoms with Crippen LogP contribution in [0.5, 0.6) is 0 Å². The summed E-state index contributed by atoms with van der Waals surface area (Å²) in [5.74, 6) is 3.88. The second kappa shape index (κ2) is 6.48. The van der Waals surface area contributed by atoms with Gasteiger partial charge in [-0.1, -0.05) is 13.3 Å². The third-order valence-electron chi connectivity index (χ3n) is 2.60. The van der Waals surface area contributed by atoms with Gasteiger partial charge in [-0.2, -0.15) is 0 Å². The lowest BCUT2D eigenvalue weighted by Gasteiger charge is -2.16. The zero-order valence-corrected chi connectivity index (χ0v) is 9.05. The number of nitrogens with one attached hydrogen (secondary N) is 1. The van der Waals surface area contributed by atoms with Crippen LogP contribution in [-0.2, 0) is 0 Å². The quantitative estimate of drug-likeness (QED) is 0.682. The largest absolute Gasteiger partial charge is 0.370 e. The van der Waals surface area contributed by atoms with Crippen LogP contribution in [0, 0.1) is 12.3 Å². The Morgan fingerprint density at radius 2 is 2.36 bits per heavy atom. The lowest BCUT2D eigenvalue weighted by molar-refractivity contribution is 0.595. The average Bonchev–Trinajstić information content (AvgIpc) is 2.45.